The van der Waals surface area contributed by atoms with Crippen LogP contribution in [0.3, 0.4) is 0 Å². The van der Waals surface area contributed by atoms with Crippen LogP contribution in [0.25, 0.3) is 0 Å². The van der Waals surface area contributed by atoms with Crippen LogP contribution in [0.2, 0.25) is 0 Å². The van der Waals surface area contributed by atoms with Gasteiger partial charge in [-0.3, -0.25) is 14.9 Å². The van der Waals surface area contributed by atoms with Crippen molar-refractivity contribution in [2.24, 2.45) is 5.92 Å². The highest BCUT2D eigenvalue weighted by Crippen LogP contribution is 2.39. The summed E-state index contributed by atoms with van der Waals surface area (Å²) in [6.45, 7) is 8.58. The monoisotopic (exact) mass is 489 g/mol. The molecule has 36 heavy (non-hydrogen) atoms. The maximum Gasteiger partial charge on any atom is 0.244 e. The molecule has 1 saturated carbocycles. The molecule has 2 aromatic carbocycles. The number of rotatable bonds is 6. The molecule has 0 aromatic heterocycles. The predicted octanol–water partition coefficient (Wildman–Crippen LogP) is 4.44. The van der Waals surface area contributed by atoms with Crippen LogP contribution in [-0.2, 0) is 21.4 Å². The highest BCUT2D eigenvalue weighted by Gasteiger charge is 2.53. The molecule has 1 unspecified atom stereocenters. The van der Waals surface area contributed by atoms with Crippen molar-refractivity contribution in [1.29, 1.82) is 0 Å². The highest BCUT2D eigenvalue weighted by atomic mass is 16.5. The number of nitrogens with one attached hydrogen (secondary N) is 1. The lowest BCUT2D eigenvalue weighted by atomic mass is 9.86. The smallest absolute Gasteiger partial charge is 0.244 e. The van der Waals surface area contributed by atoms with E-state index in [2.05, 4.69) is 62.5 Å². The van der Waals surface area contributed by atoms with Gasteiger partial charge >= 0.3 is 0 Å². The normalized spacial score (nSPS) is 21.8. The lowest BCUT2D eigenvalue weighted by Gasteiger charge is -2.38. The molecule has 2 saturated heterocycles. The molecule has 6 heteroatoms. The SMILES string of the molecule is COc1ccc(CCN2C(=O)C3(CCN(C(=O)C4CC4)CC3)NC2c2ccc(C(C)(C)C)cc2)cc1. The zero-order valence-electron chi connectivity index (χ0n) is 22.0. The number of methoxy groups -OCH3 is 1. The van der Waals surface area contributed by atoms with E-state index in [4.69, 9.17) is 4.74 Å². The van der Waals surface area contributed by atoms with E-state index in [1.54, 1.807) is 7.11 Å². The summed E-state index contributed by atoms with van der Waals surface area (Å²) in [5.41, 5.74) is 3.04. The van der Waals surface area contributed by atoms with Gasteiger partial charge in [0.05, 0.1) is 7.11 Å². The largest absolute Gasteiger partial charge is 0.497 e. The van der Waals surface area contributed by atoms with Crippen LogP contribution in [0.4, 0.5) is 0 Å². The molecule has 3 aliphatic rings. The number of amides is 2. The molecule has 5 rings (SSSR count). The van der Waals surface area contributed by atoms with Crippen molar-refractivity contribution in [3.05, 3.63) is 65.2 Å². The zero-order chi connectivity index (χ0) is 25.5. The predicted molar refractivity (Wildman–Crippen MR) is 141 cm³/mol. The summed E-state index contributed by atoms with van der Waals surface area (Å²) in [6, 6.07) is 16.8. The van der Waals surface area contributed by atoms with Gasteiger partial charge < -0.3 is 14.5 Å². The first kappa shape index (κ1) is 24.8. The van der Waals surface area contributed by atoms with Crippen LogP contribution < -0.4 is 10.1 Å². The Hall–Kier alpha value is -2.86. The Labute approximate surface area is 215 Å². The van der Waals surface area contributed by atoms with Gasteiger partial charge in [0.15, 0.2) is 0 Å². The number of carbonyl (C=O) groups excluding carboxylic acids is 2. The summed E-state index contributed by atoms with van der Waals surface area (Å²) in [5, 5.41) is 3.76. The Kier molecular flexibility index (Phi) is 6.58. The van der Waals surface area contributed by atoms with E-state index in [0.29, 0.717) is 32.5 Å². The van der Waals surface area contributed by atoms with Gasteiger partial charge in [-0.25, -0.2) is 0 Å². The lowest BCUT2D eigenvalue weighted by Crippen LogP contribution is -2.56. The quantitative estimate of drug-likeness (QED) is 0.652. The summed E-state index contributed by atoms with van der Waals surface area (Å²) in [5.74, 6) is 1.50. The van der Waals surface area contributed by atoms with Gasteiger partial charge in [0.1, 0.15) is 17.5 Å². The fourth-order valence-corrected chi connectivity index (χ4v) is 5.55. The second kappa shape index (κ2) is 9.55. The van der Waals surface area contributed by atoms with E-state index in [-0.39, 0.29) is 29.3 Å². The van der Waals surface area contributed by atoms with E-state index in [1.165, 1.54) is 11.1 Å². The van der Waals surface area contributed by atoms with Crippen molar-refractivity contribution in [3.63, 3.8) is 0 Å². The zero-order valence-corrected chi connectivity index (χ0v) is 22.0. The molecule has 192 valence electrons. The molecule has 2 amide bonds. The first-order valence-corrected chi connectivity index (χ1v) is 13.3. The van der Waals surface area contributed by atoms with Gasteiger partial charge in [-0.2, -0.15) is 0 Å². The minimum atomic E-state index is -0.604. The number of nitrogens with zero attached hydrogens (tertiary/aromatic N) is 2. The number of piperidine rings is 1. The van der Waals surface area contributed by atoms with Crippen LogP contribution in [0.1, 0.15) is 69.3 Å². The maximum atomic E-state index is 14.0. The average Bonchev–Trinajstić information content (AvgIpc) is 3.70. The Morgan fingerprint density at radius 1 is 1.03 bits per heavy atom. The van der Waals surface area contributed by atoms with E-state index in [0.717, 1.165) is 30.6 Å². The molecule has 2 heterocycles. The summed E-state index contributed by atoms with van der Waals surface area (Å²) < 4.78 is 5.29. The number of benzene rings is 2. The maximum absolute atomic E-state index is 14.0. The van der Waals surface area contributed by atoms with Crippen molar-refractivity contribution in [3.8, 4) is 5.75 Å². The number of likely N-dealkylation sites (tertiary alicyclic amines) is 1. The van der Waals surface area contributed by atoms with Crippen molar-refractivity contribution in [1.82, 2.24) is 15.1 Å². The lowest BCUT2D eigenvalue weighted by molar-refractivity contribution is -0.139. The van der Waals surface area contributed by atoms with E-state index < -0.39 is 5.54 Å². The molecule has 1 spiro atoms. The topological polar surface area (TPSA) is 61.9 Å². The van der Waals surface area contributed by atoms with Crippen molar-refractivity contribution in [2.75, 3.05) is 26.7 Å². The summed E-state index contributed by atoms with van der Waals surface area (Å²) in [6.07, 6.45) is 3.97. The molecule has 0 bridgehead atoms. The molecule has 2 aromatic rings. The molecule has 2 aliphatic heterocycles. The van der Waals surface area contributed by atoms with Crippen LogP contribution >= 0.6 is 0 Å². The van der Waals surface area contributed by atoms with Gasteiger partial charge in [0.25, 0.3) is 0 Å². The van der Waals surface area contributed by atoms with Gasteiger partial charge in [0.2, 0.25) is 11.8 Å². The Morgan fingerprint density at radius 3 is 2.22 bits per heavy atom. The highest BCUT2D eigenvalue weighted by molar-refractivity contribution is 5.90. The number of hydrogen-bond acceptors (Lipinski definition) is 4. The molecular weight excluding hydrogens is 450 g/mol. The number of ether oxygens (including phenoxy) is 1. The summed E-state index contributed by atoms with van der Waals surface area (Å²) in [4.78, 5) is 30.6. The summed E-state index contributed by atoms with van der Waals surface area (Å²) in [7, 11) is 1.67. The second-order valence-corrected chi connectivity index (χ2v) is 11.7. The molecule has 1 atom stereocenters. The third kappa shape index (κ3) is 4.88. The molecule has 0 radical (unpaired) electrons. The Balaban J connectivity index is 1.36. The Morgan fingerprint density at radius 2 is 1.67 bits per heavy atom. The first-order valence-electron chi connectivity index (χ1n) is 13.3. The third-order valence-electron chi connectivity index (χ3n) is 8.14. The minimum absolute atomic E-state index is 0.0770. The molecule has 3 fully saturated rings. The number of carbonyl (C=O) groups is 2. The van der Waals surface area contributed by atoms with Crippen molar-refractivity contribution in [2.45, 2.75) is 70.0 Å². The first-order chi connectivity index (χ1) is 17.2. The molecule has 1 N–H and O–H groups in total. The van der Waals surface area contributed by atoms with Crippen molar-refractivity contribution < 1.29 is 14.3 Å². The van der Waals surface area contributed by atoms with Gasteiger partial charge in [-0.05, 0) is 66.3 Å². The van der Waals surface area contributed by atoms with Crippen LogP contribution in [-0.4, -0.2) is 53.9 Å². The average molecular weight is 490 g/mol. The molecular formula is C30H39N3O3. The van der Waals surface area contributed by atoms with Crippen LogP contribution in [0, 0.1) is 5.92 Å². The fraction of sp³-hybridized carbons (Fsp3) is 0.533. The van der Waals surface area contributed by atoms with Gasteiger partial charge in [0, 0.05) is 25.6 Å². The number of hydrogen-bond donors (Lipinski definition) is 1. The third-order valence-corrected chi connectivity index (χ3v) is 8.14. The van der Waals surface area contributed by atoms with E-state index in [9.17, 15) is 9.59 Å². The molecule has 1 aliphatic carbocycles. The standard InChI is InChI=1S/C30H39N3O3/c1-29(2,3)24-11-9-22(10-12-24)26-31-30(16-19-32(20-17-30)27(34)23-7-8-23)28(35)33(26)18-15-21-5-13-25(36-4)14-6-21/h5-6,9-14,23,26,31H,7-8,15-20H2,1-4H3. The fourth-order valence-electron chi connectivity index (χ4n) is 5.55. The summed E-state index contributed by atoms with van der Waals surface area (Å²) >= 11 is 0. The Bertz CT molecular complexity index is 1090. The van der Waals surface area contributed by atoms with E-state index >= 15 is 0 Å². The van der Waals surface area contributed by atoms with E-state index in [1.807, 2.05) is 21.9 Å². The van der Waals surface area contributed by atoms with Crippen LogP contribution in [0.15, 0.2) is 48.5 Å². The van der Waals surface area contributed by atoms with Crippen LogP contribution in [0.5, 0.6) is 5.75 Å². The second-order valence-electron chi connectivity index (χ2n) is 11.7. The van der Waals surface area contributed by atoms with Gasteiger partial charge in [-0.15, -0.1) is 0 Å². The molecule has 6 nitrogen and oxygen atoms in total. The van der Waals surface area contributed by atoms with Crippen molar-refractivity contribution >= 4 is 11.8 Å². The minimum Gasteiger partial charge on any atom is -0.497 e. The van der Waals surface area contributed by atoms with Gasteiger partial charge in [-0.1, -0.05) is 57.2 Å².